The maximum Gasteiger partial charge on any atom is 0.339 e. The highest BCUT2D eigenvalue weighted by atomic mass is 16.4. The Morgan fingerprint density at radius 3 is 2.47 bits per heavy atom. The van der Waals surface area contributed by atoms with Crippen molar-refractivity contribution >= 4 is 11.8 Å². The van der Waals surface area contributed by atoms with Crippen LogP contribution in [0, 0.1) is 6.92 Å². The fraction of sp³-hybridized carbons (Fsp3) is 0.571. The van der Waals surface area contributed by atoms with E-state index in [1.54, 1.807) is 12.1 Å². The number of aromatic carboxylic acids is 1. The average molecular weight is 265 g/mol. The van der Waals surface area contributed by atoms with Crippen molar-refractivity contribution < 1.29 is 9.90 Å². The number of pyridine rings is 1. The molecule has 0 fully saturated rings. The summed E-state index contributed by atoms with van der Waals surface area (Å²) in [4.78, 5) is 19.9. The molecule has 19 heavy (non-hydrogen) atoms. The molecule has 1 aromatic rings. The number of aryl methyl sites for hydroxylation is 1. The summed E-state index contributed by atoms with van der Waals surface area (Å²) in [7, 11) is 4.01. The Kier molecular flexibility index (Phi) is 5.76. The van der Waals surface area contributed by atoms with E-state index >= 15 is 0 Å². The van der Waals surface area contributed by atoms with Crippen LogP contribution in [-0.2, 0) is 0 Å². The SMILES string of the molecule is CCCN(CCN(C)C)c1nc(C)ccc1C(=O)O. The Morgan fingerprint density at radius 2 is 1.95 bits per heavy atom. The topological polar surface area (TPSA) is 56.7 Å². The molecule has 0 aliphatic heterocycles. The van der Waals surface area contributed by atoms with E-state index in [9.17, 15) is 9.90 Å². The first kappa shape index (κ1) is 15.4. The molecule has 1 heterocycles. The quantitative estimate of drug-likeness (QED) is 0.815. The summed E-state index contributed by atoms with van der Waals surface area (Å²) in [6, 6.07) is 3.38. The van der Waals surface area contributed by atoms with Crippen LogP contribution in [0.25, 0.3) is 0 Å². The van der Waals surface area contributed by atoms with Crippen LogP contribution in [0.5, 0.6) is 0 Å². The zero-order chi connectivity index (χ0) is 14.4. The van der Waals surface area contributed by atoms with E-state index in [2.05, 4.69) is 21.7 Å². The molecule has 0 bridgehead atoms. The fourth-order valence-electron chi connectivity index (χ4n) is 1.87. The van der Waals surface area contributed by atoms with Crippen LogP contribution in [0.3, 0.4) is 0 Å². The lowest BCUT2D eigenvalue weighted by molar-refractivity contribution is 0.0697. The second-order valence-corrected chi connectivity index (χ2v) is 4.92. The van der Waals surface area contributed by atoms with E-state index in [1.807, 2.05) is 21.0 Å². The third-order valence-corrected chi connectivity index (χ3v) is 2.85. The minimum Gasteiger partial charge on any atom is -0.478 e. The Hall–Kier alpha value is -1.62. The summed E-state index contributed by atoms with van der Waals surface area (Å²) in [5.41, 5.74) is 1.11. The highest BCUT2D eigenvalue weighted by Gasteiger charge is 2.17. The monoisotopic (exact) mass is 265 g/mol. The van der Waals surface area contributed by atoms with Gasteiger partial charge >= 0.3 is 5.97 Å². The van der Waals surface area contributed by atoms with Gasteiger partial charge in [0.1, 0.15) is 11.4 Å². The van der Waals surface area contributed by atoms with Gasteiger partial charge in [0.05, 0.1) is 0 Å². The molecule has 1 N–H and O–H groups in total. The molecule has 5 nitrogen and oxygen atoms in total. The highest BCUT2D eigenvalue weighted by Crippen LogP contribution is 2.19. The molecule has 0 atom stereocenters. The van der Waals surface area contributed by atoms with Crippen LogP contribution in [0.15, 0.2) is 12.1 Å². The third kappa shape index (κ3) is 4.52. The maximum atomic E-state index is 11.3. The van der Waals surface area contributed by atoms with Crippen LogP contribution in [0.1, 0.15) is 29.4 Å². The van der Waals surface area contributed by atoms with Crippen molar-refractivity contribution in [3.8, 4) is 0 Å². The maximum absolute atomic E-state index is 11.3. The molecule has 0 radical (unpaired) electrons. The lowest BCUT2D eigenvalue weighted by Crippen LogP contribution is -2.34. The van der Waals surface area contributed by atoms with Gasteiger partial charge in [-0.1, -0.05) is 6.92 Å². The normalized spacial score (nSPS) is 10.8. The molecular formula is C14H23N3O2. The molecule has 1 rings (SSSR count). The van der Waals surface area contributed by atoms with E-state index < -0.39 is 5.97 Å². The summed E-state index contributed by atoms with van der Waals surface area (Å²) < 4.78 is 0. The first-order chi connectivity index (χ1) is 8.95. The summed E-state index contributed by atoms with van der Waals surface area (Å²) in [5, 5.41) is 9.27. The van der Waals surface area contributed by atoms with Gasteiger partial charge in [0.15, 0.2) is 0 Å². The van der Waals surface area contributed by atoms with Crippen molar-refractivity contribution in [2.45, 2.75) is 20.3 Å². The number of carboxylic acid groups (broad SMARTS) is 1. The number of hydrogen-bond donors (Lipinski definition) is 1. The van der Waals surface area contributed by atoms with Gasteiger partial charge in [0.25, 0.3) is 0 Å². The number of hydrogen-bond acceptors (Lipinski definition) is 4. The van der Waals surface area contributed by atoms with Crippen molar-refractivity contribution in [3.05, 3.63) is 23.4 Å². The Morgan fingerprint density at radius 1 is 1.26 bits per heavy atom. The predicted molar refractivity (Wildman–Crippen MR) is 77.0 cm³/mol. The number of carbonyl (C=O) groups is 1. The molecule has 106 valence electrons. The van der Waals surface area contributed by atoms with Crippen molar-refractivity contribution in [1.82, 2.24) is 9.88 Å². The fourth-order valence-corrected chi connectivity index (χ4v) is 1.87. The molecule has 0 saturated heterocycles. The minimum absolute atomic E-state index is 0.276. The van der Waals surface area contributed by atoms with Crippen molar-refractivity contribution in [3.63, 3.8) is 0 Å². The second-order valence-electron chi connectivity index (χ2n) is 4.92. The molecule has 0 aliphatic rings. The number of anilines is 1. The zero-order valence-corrected chi connectivity index (χ0v) is 12.2. The van der Waals surface area contributed by atoms with Gasteiger partial charge in [-0.15, -0.1) is 0 Å². The van der Waals surface area contributed by atoms with Gasteiger partial charge in [-0.05, 0) is 39.6 Å². The number of carboxylic acids is 1. The van der Waals surface area contributed by atoms with Crippen LogP contribution in [0.2, 0.25) is 0 Å². The van der Waals surface area contributed by atoms with E-state index in [1.165, 1.54) is 0 Å². The molecule has 0 saturated carbocycles. The van der Waals surface area contributed by atoms with Gasteiger partial charge in [0.2, 0.25) is 0 Å². The summed E-state index contributed by atoms with van der Waals surface area (Å²) >= 11 is 0. The number of nitrogens with zero attached hydrogens (tertiary/aromatic N) is 3. The second kappa shape index (κ2) is 7.09. The molecular weight excluding hydrogens is 242 g/mol. The number of rotatable bonds is 7. The Labute approximate surface area is 114 Å². The first-order valence-electron chi connectivity index (χ1n) is 6.56. The van der Waals surface area contributed by atoms with Gasteiger partial charge < -0.3 is 14.9 Å². The molecule has 0 aromatic carbocycles. The van der Waals surface area contributed by atoms with Crippen molar-refractivity contribution in [2.75, 3.05) is 38.6 Å². The van der Waals surface area contributed by atoms with Crippen LogP contribution >= 0.6 is 0 Å². The summed E-state index contributed by atoms with van der Waals surface area (Å²) in [6.45, 7) is 6.42. The summed E-state index contributed by atoms with van der Waals surface area (Å²) in [5.74, 6) is -0.343. The Bertz CT molecular complexity index is 433. The van der Waals surface area contributed by atoms with E-state index in [-0.39, 0.29) is 5.56 Å². The smallest absolute Gasteiger partial charge is 0.339 e. The van der Waals surface area contributed by atoms with Gasteiger partial charge in [-0.2, -0.15) is 0 Å². The zero-order valence-electron chi connectivity index (χ0n) is 12.2. The highest BCUT2D eigenvalue weighted by molar-refractivity contribution is 5.93. The largest absolute Gasteiger partial charge is 0.478 e. The van der Waals surface area contributed by atoms with Gasteiger partial charge in [-0.25, -0.2) is 9.78 Å². The van der Waals surface area contributed by atoms with E-state index in [0.29, 0.717) is 5.82 Å². The molecule has 0 amide bonds. The standard InChI is InChI=1S/C14H23N3O2/c1-5-8-17(10-9-16(3)4)13-12(14(18)19)7-6-11(2)15-13/h6-7H,5,8-10H2,1-4H3,(H,18,19). The predicted octanol–water partition coefficient (Wildman–Crippen LogP) is 1.87. The van der Waals surface area contributed by atoms with Gasteiger partial charge in [0, 0.05) is 25.3 Å². The third-order valence-electron chi connectivity index (χ3n) is 2.85. The van der Waals surface area contributed by atoms with Crippen molar-refractivity contribution in [1.29, 1.82) is 0 Å². The lowest BCUT2D eigenvalue weighted by Gasteiger charge is -2.26. The molecule has 5 heteroatoms. The van der Waals surface area contributed by atoms with Crippen LogP contribution in [-0.4, -0.2) is 54.7 Å². The van der Waals surface area contributed by atoms with E-state index in [4.69, 9.17) is 0 Å². The minimum atomic E-state index is -0.923. The molecule has 0 aliphatic carbocycles. The van der Waals surface area contributed by atoms with Crippen LogP contribution in [0.4, 0.5) is 5.82 Å². The first-order valence-corrected chi connectivity index (χ1v) is 6.56. The average Bonchev–Trinajstić information content (AvgIpc) is 2.33. The van der Waals surface area contributed by atoms with Crippen molar-refractivity contribution in [2.24, 2.45) is 0 Å². The molecule has 0 spiro atoms. The Balaban J connectivity index is 3.05. The molecule has 1 aromatic heterocycles. The van der Waals surface area contributed by atoms with E-state index in [0.717, 1.165) is 31.7 Å². The number of likely N-dealkylation sites (N-methyl/N-ethyl adjacent to an activating group) is 1. The summed E-state index contributed by atoms with van der Waals surface area (Å²) in [6.07, 6.45) is 0.960. The van der Waals surface area contributed by atoms with Gasteiger partial charge in [-0.3, -0.25) is 0 Å². The lowest BCUT2D eigenvalue weighted by atomic mass is 10.2. The number of aromatic nitrogens is 1. The molecule has 0 unspecified atom stereocenters. The van der Waals surface area contributed by atoms with Crippen LogP contribution < -0.4 is 4.90 Å².